The lowest BCUT2D eigenvalue weighted by Crippen LogP contribution is -2.38. The van der Waals surface area contributed by atoms with E-state index in [1.165, 1.54) is 0 Å². The molecule has 0 rings (SSSR count). The van der Waals surface area contributed by atoms with Gasteiger partial charge in [0.2, 0.25) is 6.54 Å². The molecule has 0 fully saturated rings. The molecule has 0 radical (unpaired) electrons. The Labute approximate surface area is 65.9 Å². The van der Waals surface area contributed by atoms with Crippen molar-refractivity contribution in [2.45, 2.75) is 19.6 Å². The fourth-order valence-corrected chi connectivity index (χ4v) is 1.44. The van der Waals surface area contributed by atoms with E-state index in [0.29, 0.717) is 5.33 Å². The summed E-state index contributed by atoms with van der Waals surface area (Å²) in [7, 11) is -1.79. The molecule has 0 aromatic rings. The van der Waals surface area contributed by atoms with E-state index in [9.17, 15) is 10.1 Å². The van der Waals surface area contributed by atoms with Crippen LogP contribution in [-0.2, 0) is 0 Å². The second-order valence-corrected chi connectivity index (χ2v) is 8.36. The summed E-state index contributed by atoms with van der Waals surface area (Å²) in [5.41, 5.74) is 0. The van der Waals surface area contributed by atoms with E-state index in [-0.39, 0.29) is 6.54 Å². The van der Waals surface area contributed by atoms with Crippen LogP contribution in [0.5, 0.6) is 0 Å². The molecule has 0 spiro atoms. The van der Waals surface area contributed by atoms with Crippen molar-refractivity contribution >= 4 is 13.4 Å². The predicted octanol–water partition coefficient (Wildman–Crippen LogP) is 0.971. The van der Waals surface area contributed by atoms with Crippen molar-refractivity contribution < 1.29 is 10.1 Å². The summed E-state index contributed by atoms with van der Waals surface area (Å²) in [5.74, 6) is 0. The van der Waals surface area contributed by atoms with Crippen LogP contribution in [0.15, 0.2) is 5.16 Å². The number of nitrogens with zero attached hydrogens (tertiary/aromatic N) is 2. The Morgan fingerprint density at radius 3 is 2.18 bits per heavy atom. The molecule has 1 N–H and O–H groups in total. The summed E-state index contributed by atoms with van der Waals surface area (Å²) < 4.78 is 0. The van der Waals surface area contributed by atoms with E-state index >= 15 is 0 Å². The summed E-state index contributed by atoms with van der Waals surface area (Å²) in [6, 6.07) is 0. The van der Waals surface area contributed by atoms with Crippen molar-refractivity contribution in [3.05, 3.63) is 10.1 Å². The van der Waals surface area contributed by atoms with Crippen LogP contribution in [0.1, 0.15) is 0 Å². The topological polar surface area (TPSA) is 75.7 Å². The average Bonchev–Trinajstić information content (AvgIpc) is 1.79. The van der Waals surface area contributed by atoms with Gasteiger partial charge in [0, 0.05) is 4.92 Å². The van der Waals surface area contributed by atoms with Crippen molar-refractivity contribution in [2.75, 3.05) is 6.54 Å². The molecule has 0 aromatic carbocycles. The summed E-state index contributed by atoms with van der Waals surface area (Å²) >= 11 is 0. The van der Waals surface area contributed by atoms with Crippen LogP contribution in [-0.4, -0.2) is 30.1 Å². The summed E-state index contributed by atoms with van der Waals surface area (Å²) in [6.07, 6.45) is 0. The van der Waals surface area contributed by atoms with Gasteiger partial charge in [0.25, 0.3) is 0 Å². The monoisotopic (exact) mass is 176 g/mol. The van der Waals surface area contributed by atoms with Crippen LogP contribution >= 0.6 is 0 Å². The average molecular weight is 176 g/mol. The van der Waals surface area contributed by atoms with Gasteiger partial charge in [0.15, 0.2) is 0 Å². The predicted molar refractivity (Wildman–Crippen MR) is 44.4 cm³/mol. The van der Waals surface area contributed by atoms with Crippen molar-refractivity contribution in [2.24, 2.45) is 5.16 Å². The van der Waals surface area contributed by atoms with Crippen LogP contribution in [0.3, 0.4) is 0 Å². The highest BCUT2D eigenvalue weighted by atomic mass is 28.3. The lowest BCUT2D eigenvalue weighted by Gasteiger charge is -2.13. The zero-order chi connectivity index (χ0) is 9.07. The SMILES string of the molecule is C[Si](C)(C)/C(C[N+](=O)[O-])=N\O. The largest absolute Gasteiger partial charge is 0.411 e. The first-order valence-electron chi connectivity index (χ1n) is 3.21. The van der Waals surface area contributed by atoms with Crippen molar-refractivity contribution in [1.82, 2.24) is 0 Å². The van der Waals surface area contributed by atoms with Crippen LogP contribution in [0.4, 0.5) is 0 Å². The summed E-state index contributed by atoms with van der Waals surface area (Å²) in [5, 5.41) is 21.7. The lowest BCUT2D eigenvalue weighted by atomic mass is 10.7. The van der Waals surface area contributed by atoms with Gasteiger partial charge in [-0.2, -0.15) is 0 Å². The fraction of sp³-hybridized carbons (Fsp3) is 0.800. The summed E-state index contributed by atoms with van der Waals surface area (Å²) in [6.45, 7) is 5.34. The second-order valence-electron chi connectivity index (χ2n) is 3.29. The highest BCUT2D eigenvalue weighted by Crippen LogP contribution is 2.03. The van der Waals surface area contributed by atoms with Gasteiger partial charge >= 0.3 is 0 Å². The molecule has 0 saturated heterocycles. The second kappa shape index (κ2) is 3.47. The third-order valence-electron chi connectivity index (χ3n) is 1.27. The van der Waals surface area contributed by atoms with Crippen LogP contribution in [0.25, 0.3) is 0 Å². The van der Waals surface area contributed by atoms with E-state index in [1.54, 1.807) is 0 Å². The molecule has 0 atom stereocenters. The maximum Gasteiger partial charge on any atom is 0.240 e. The standard InChI is InChI=1S/C5H12N2O3Si/c1-11(2,3)5(6-8)4-7(9)10/h8H,4H2,1-3H3/b6-5-. The molecule has 0 aliphatic heterocycles. The molecule has 5 nitrogen and oxygen atoms in total. The molecule has 0 aliphatic carbocycles. The fourth-order valence-electron chi connectivity index (χ4n) is 0.541. The normalized spacial score (nSPS) is 13.2. The zero-order valence-corrected chi connectivity index (χ0v) is 7.87. The maximum absolute atomic E-state index is 10.1. The van der Waals surface area contributed by atoms with E-state index in [0.717, 1.165) is 0 Å². The number of rotatable bonds is 3. The third-order valence-corrected chi connectivity index (χ3v) is 3.25. The molecule has 0 bridgehead atoms. The Morgan fingerprint density at radius 1 is 1.64 bits per heavy atom. The highest BCUT2D eigenvalue weighted by molar-refractivity contribution is 7.04. The molecule has 0 aromatic heterocycles. The molecular weight excluding hydrogens is 164 g/mol. The minimum absolute atomic E-state index is 0.322. The first kappa shape index (κ1) is 10.1. The van der Waals surface area contributed by atoms with Crippen LogP contribution in [0.2, 0.25) is 19.6 Å². The number of oxime groups is 1. The van der Waals surface area contributed by atoms with Gasteiger partial charge in [-0.3, -0.25) is 10.1 Å². The molecule has 6 heteroatoms. The first-order chi connectivity index (χ1) is 4.88. The minimum atomic E-state index is -1.79. The molecule has 64 valence electrons. The van der Waals surface area contributed by atoms with Gasteiger partial charge in [0.1, 0.15) is 13.4 Å². The quantitative estimate of drug-likeness (QED) is 0.229. The van der Waals surface area contributed by atoms with E-state index in [1.807, 2.05) is 19.6 Å². The maximum atomic E-state index is 10.1. The molecule has 0 saturated carbocycles. The Hall–Kier alpha value is -0.913. The molecule has 0 aliphatic rings. The molecule has 0 heterocycles. The molecule has 0 amide bonds. The van der Waals surface area contributed by atoms with Crippen LogP contribution < -0.4 is 0 Å². The van der Waals surface area contributed by atoms with Gasteiger partial charge in [-0.05, 0) is 0 Å². The van der Waals surface area contributed by atoms with Crippen molar-refractivity contribution in [3.63, 3.8) is 0 Å². The number of hydrogen-bond donors (Lipinski definition) is 1. The first-order valence-corrected chi connectivity index (χ1v) is 6.71. The Morgan fingerprint density at radius 2 is 2.09 bits per heavy atom. The number of nitro groups is 1. The molecule has 11 heavy (non-hydrogen) atoms. The van der Waals surface area contributed by atoms with Gasteiger partial charge in [-0.1, -0.05) is 24.8 Å². The Balaban J connectivity index is 4.33. The van der Waals surface area contributed by atoms with Gasteiger partial charge < -0.3 is 5.21 Å². The third kappa shape index (κ3) is 3.71. The van der Waals surface area contributed by atoms with E-state index in [4.69, 9.17) is 5.21 Å². The Kier molecular flexibility index (Phi) is 3.18. The van der Waals surface area contributed by atoms with Gasteiger partial charge in [0.05, 0.1) is 0 Å². The van der Waals surface area contributed by atoms with Crippen LogP contribution in [0, 0.1) is 10.1 Å². The van der Waals surface area contributed by atoms with Gasteiger partial charge in [-0.25, -0.2) is 0 Å². The number of hydrogen-bond acceptors (Lipinski definition) is 4. The van der Waals surface area contributed by atoms with Crippen molar-refractivity contribution in [1.29, 1.82) is 0 Å². The highest BCUT2D eigenvalue weighted by Gasteiger charge is 2.26. The van der Waals surface area contributed by atoms with E-state index < -0.39 is 13.0 Å². The van der Waals surface area contributed by atoms with Gasteiger partial charge in [-0.15, -0.1) is 0 Å². The smallest absolute Gasteiger partial charge is 0.240 e. The summed E-state index contributed by atoms with van der Waals surface area (Å²) in [4.78, 5) is 9.57. The van der Waals surface area contributed by atoms with Crippen molar-refractivity contribution in [3.8, 4) is 0 Å². The Bertz CT molecular complexity index is 185. The molecular formula is C5H12N2O3Si. The molecule has 0 unspecified atom stereocenters. The lowest BCUT2D eigenvalue weighted by molar-refractivity contribution is -0.462. The minimum Gasteiger partial charge on any atom is -0.411 e. The van der Waals surface area contributed by atoms with E-state index in [2.05, 4.69) is 5.16 Å². The zero-order valence-electron chi connectivity index (χ0n) is 6.87.